The van der Waals surface area contributed by atoms with Gasteiger partial charge < -0.3 is 4.55 Å². The zero-order valence-corrected chi connectivity index (χ0v) is 10.0. The van der Waals surface area contributed by atoms with Crippen LogP contribution in [0.15, 0.2) is 35.2 Å². The van der Waals surface area contributed by atoms with Crippen molar-refractivity contribution < 1.29 is 24.0 Å². The van der Waals surface area contributed by atoms with Crippen LogP contribution in [0.5, 0.6) is 0 Å². The van der Waals surface area contributed by atoms with Gasteiger partial charge >= 0.3 is 0 Å². The fraction of sp³-hybridized carbons (Fsp3) is 0. The molecule has 0 spiro atoms. The molecule has 52 valence electrons. The van der Waals surface area contributed by atoms with Crippen LogP contribution in [-0.2, 0) is 31.5 Å². The molecule has 1 aromatic rings. The fourth-order valence-electron chi connectivity index (χ4n) is 0.489. The third kappa shape index (κ3) is 4.29. The second kappa shape index (κ2) is 7.55. The van der Waals surface area contributed by atoms with Gasteiger partial charge in [0.05, 0.1) is 0 Å². The van der Waals surface area contributed by atoms with Crippen LogP contribution in [0.1, 0.15) is 0 Å². The molecule has 0 unspecified atom stereocenters. The van der Waals surface area contributed by atoms with Crippen LogP contribution in [0.3, 0.4) is 0 Å². The normalized spacial score (nSPS) is 7.30. The molecule has 0 saturated heterocycles. The van der Waals surface area contributed by atoms with Gasteiger partial charge in [-0.3, -0.25) is 0 Å². The first-order valence-corrected chi connectivity index (χ1v) is 3.13. The average Bonchev–Trinajstić information content (AvgIpc) is 1.90. The van der Waals surface area contributed by atoms with Crippen molar-refractivity contribution in [2.45, 2.75) is 4.90 Å². The summed E-state index contributed by atoms with van der Waals surface area (Å²) >= 11 is 0.0994. The van der Waals surface area contributed by atoms with Gasteiger partial charge in [0.1, 0.15) is 4.90 Å². The van der Waals surface area contributed by atoms with E-state index in [1.54, 1.807) is 0 Å². The Morgan fingerprint density at radius 1 is 1.10 bits per heavy atom. The Labute approximate surface area is 83.6 Å². The third-order valence-electron chi connectivity index (χ3n) is 0.862. The number of halogens is 1. The van der Waals surface area contributed by atoms with E-state index >= 15 is 0 Å². The number of thiol groups is 1. The van der Waals surface area contributed by atoms with Crippen LogP contribution in [0.4, 0.5) is 0 Å². The topological polar surface area (TPSA) is 23.1 Å². The minimum atomic E-state index is 0. The van der Waals surface area contributed by atoms with E-state index in [2.05, 4.69) is 0 Å². The SMILES string of the molecule is Cl.[O-][SH+]c1ccccc1.[Zn]. The van der Waals surface area contributed by atoms with Gasteiger partial charge in [-0.2, -0.15) is 0 Å². The zero-order chi connectivity index (χ0) is 5.82. The van der Waals surface area contributed by atoms with E-state index in [0.717, 1.165) is 4.90 Å². The van der Waals surface area contributed by atoms with E-state index in [1.165, 1.54) is 0 Å². The monoisotopic (exact) mass is 226 g/mol. The van der Waals surface area contributed by atoms with Gasteiger partial charge in [0.15, 0.2) is 0 Å². The van der Waals surface area contributed by atoms with Gasteiger partial charge in [0.25, 0.3) is 0 Å². The second-order valence-electron chi connectivity index (χ2n) is 1.43. The molecule has 0 aromatic heterocycles. The fourth-order valence-corrected chi connectivity index (χ4v) is 0.783. The van der Waals surface area contributed by atoms with Crippen LogP contribution in [0, 0.1) is 0 Å². The molecule has 4 heteroatoms. The Morgan fingerprint density at radius 3 is 1.90 bits per heavy atom. The second-order valence-corrected chi connectivity index (χ2v) is 2.13. The molecule has 0 N–H and O–H groups in total. The van der Waals surface area contributed by atoms with Crippen molar-refractivity contribution in [3.63, 3.8) is 0 Å². The van der Waals surface area contributed by atoms with Gasteiger partial charge in [-0.05, 0) is 24.2 Å². The van der Waals surface area contributed by atoms with Crippen LogP contribution < -0.4 is 0 Å². The molecule has 0 radical (unpaired) electrons. The minimum absolute atomic E-state index is 0. The van der Waals surface area contributed by atoms with Crippen LogP contribution in [0.2, 0.25) is 0 Å². The van der Waals surface area contributed by atoms with Gasteiger partial charge in [0.2, 0.25) is 0 Å². The molecule has 1 rings (SSSR count). The summed E-state index contributed by atoms with van der Waals surface area (Å²) in [5, 5.41) is 0. The molecule has 1 nitrogen and oxygen atoms in total. The molecular weight excluding hydrogens is 221 g/mol. The predicted octanol–water partition coefficient (Wildman–Crippen LogP) is 1.41. The molecule has 0 fully saturated rings. The van der Waals surface area contributed by atoms with Gasteiger partial charge in [-0.25, -0.2) is 0 Å². The number of hydrogen-bond acceptors (Lipinski definition) is 1. The molecular formula is C6H7ClOSZn. The Kier molecular flexibility index (Phi) is 9.86. The van der Waals surface area contributed by atoms with Crippen molar-refractivity contribution in [2.24, 2.45) is 0 Å². The molecule has 0 bridgehead atoms. The van der Waals surface area contributed by atoms with Gasteiger partial charge in [0, 0.05) is 19.5 Å². The maximum absolute atomic E-state index is 10.1. The summed E-state index contributed by atoms with van der Waals surface area (Å²) < 4.78 is 10.1. The molecule has 0 atom stereocenters. The quantitative estimate of drug-likeness (QED) is 0.405. The number of hydrogen-bond donors (Lipinski definition) is 0. The summed E-state index contributed by atoms with van der Waals surface area (Å²) in [6, 6.07) is 9.25. The Hall–Kier alpha value is 0.443. The van der Waals surface area contributed by atoms with E-state index < -0.39 is 0 Å². The van der Waals surface area contributed by atoms with E-state index in [4.69, 9.17) is 0 Å². The van der Waals surface area contributed by atoms with E-state index in [0.29, 0.717) is 0 Å². The average molecular weight is 228 g/mol. The first kappa shape index (κ1) is 13.1. The maximum Gasteiger partial charge on any atom is 0.150 e. The van der Waals surface area contributed by atoms with Crippen LogP contribution in [-0.4, -0.2) is 4.55 Å². The predicted molar refractivity (Wildman–Crippen MR) is 41.5 cm³/mol. The number of rotatable bonds is 1. The molecule has 1 aromatic carbocycles. The molecule has 0 amide bonds. The Morgan fingerprint density at radius 2 is 1.60 bits per heavy atom. The molecule has 0 aliphatic carbocycles. The summed E-state index contributed by atoms with van der Waals surface area (Å²) in [6.45, 7) is 0. The summed E-state index contributed by atoms with van der Waals surface area (Å²) in [4.78, 5) is 0.826. The summed E-state index contributed by atoms with van der Waals surface area (Å²) in [7, 11) is 0. The largest absolute Gasteiger partial charge is 0.613 e. The Bertz CT molecular complexity index is 159. The molecule has 0 heterocycles. The van der Waals surface area contributed by atoms with E-state index in [9.17, 15) is 4.55 Å². The van der Waals surface area contributed by atoms with Gasteiger partial charge in [-0.1, -0.05) is 18.2 Å². The zero-order valence-electron chi connectivity index (χ0n) is 5.36. The third-order valence-corrected chi connectivity index (χ3v) is 1.37. The maximum atomic E-state index is 10.1. The van der Waals surface area contributed by atoms with Crippen molar-refractivity contribution in [2.75, 3.05) is 0 Å². The molecule has 0 saturated carbocycles. The van der Waals surface area contributed by atoms with Crippen LogP contribution in [0.25, 0.3) is 0 Å². The summed E-state index contributed by atoms with van der Waals surface area (Å²) in [5.74, 6) is 0. The first-order valence-electron chi connectivity index (χ1n) is 2.32. The standard InChI is InChI=1S/C6H6OS.ClH.Zn/c7-8-6-4-2-1-3-5-6;;/h1-5,8H;1H;. The minimum Gasteiger partial charge on any atom is -0.613 e. The molecule has 10 heavy (non-hydrogen) atoms. The van der Waals surface area contributed by atoms with Crippen molar-refractivity contribution in [1.29, 1.82) is 0 Å². The number of benzene rings is 1. The molecule has 0 aliphatic heterocycles. The summed E-state index contributed by atoms with van der Waals surface area (Å²) in [6.07, 6.45) is 0. The van der Waals surface area contributed by atoms with E-state index in [1.807, 2.05) is 30.3 Å². The van der Waals surface area contributed by atoms with Gasteiger partial charge in [-0.15, -0.1) is 12.4 Å². The van der Waals surface area contributed by atoms with Crippen molar-refractivity contribution in [3.05, 3.63) is 30.3 Å². The molecule has 0 aliphatic rings. The first-order chi connectivity index (χ1) is 3.93. The summed E-state index contributed by atoms with van der Waals surface area (Å²) in [5.41, 5.74) is 0. The van der Waals surface area contributed by atoms with E-state index in [-0.39, 0.29) is 43.9 Å². The van der Waals surface area contributed by atoms with Crippen LogP contribution >= 0.6 is 12.4 Å². The van der Waals surface area contributed by atoms with Crippen molar-refractivity contribution in [1.82, 2.24) is 0 Å². The van der Waals surface area contributed by atoms with Crippen molar-refractivity contribution >= 4 is 24.4 Å². The Balaban J connectivity index is 0. The van der Waals surface area contributed by atoms with Crippen molar-refractivity contribution in [3.8, 4) is 0 Å². The smallest absolute Gasteiger partial charge is 0.150 e.